The minimum absolute atomic E-state index is 0.0837. The molecule has 0 aliphatic heterocycles. The number of nitrogens with zero attached hydrogens (tertiary/aromatic N) is 1. The van der Waals surface area contributed by atoms with Crippen LogP contribution >= 0.6 is 0 Å². The normalized spacial score (nSPS) is 14.7. The molecule has 0 saturated carbocycles. The lowest BCUT2D eigenvalue weighted by Crippen LogP contribution is -2.17. The Balaban J connectivity index is 2.59. The molecule has 0 fully saturated rings. The summed E-state index contributed by atoms with van der Waals surface area (Å²) in [6.07, 6.45) is 2.59. The van der Waals surface area contributed by atoms with Crippen LogP contribution in [-0.4, -0.2) is 21.8 Å². The Morgan fingerprint density at radius 1 is 1.50 bits per heavy atom. The monoisotopic (exact) mass is 219 g/mol. The van der Waals surface area contributed by atoms with E-state index in [0.29, 0.717) is 36.1 Å². The van der Waals surface area contributed by atoms with Crippen LogP contribution in [-0.2, 0) is 12.8 Å². The fourth-order valence-corrected chi connectivity index (χ4v) is 2.03. The second kappa shape index (κ2) is 4.04. The number of Topliss-reactive ketones (excluding diaryl/α,β-unsaturated/α-hetero) is 1. The van der Waals surface area contributed by atoms with Crippen molar-refractivity contribution >= 4 is 11.8 Å². The van der Waals surface area contributed by atoms with Gasteiger partial charge in [0.2, 0.25) is 0 Å². The zero-order valence-corrected chi connectivity index (χ0v) is 9.12. The number of aryl methyl sites for hydroxylation is 2. The molecule has 16 heavy (non-hydrogen) atoms. The van der Waals surface area contributed by atoms with Gasteiger partial charge in [0, 0.05) is 12.0 Å². The van der Waals surface area contributed by atoms with E-state index < -0.39 is 5.97 Å². The maximum Gasteiger partial charge on any atom is 0.354 e. The molecule has 0 aromatic carbocycles. The lowest BCUT2D eigenvalue weighted by molar-refractivity contribution is 0.0688. The summed E-state index contributed by atoms with van der Waals surface area (Å²) in [7, 11) is 0. The first kappa shape index (κ1) is 10.8. The minimum Gasteiger partial charge on any atom is -0.477 e. The van der Waals surface area contributed by atoms with Gasteiger partial charge in [-0.1, -0.05) is 6.92 Å². The van der Waals surface area contributed by atoms with E-state index >= 15 is 0 Å². The second-order valence-electron chi connectivity index (χ2n) is 3.93. The molecule has 0 saturated heterocycles. The summed E-state index contributed by atoms with van der Waals surface area (Å²) in [4.78, 5) is 26.8. The number of fused-ring (bicyclic) bond motifs is 1. The van der Waals surface area contributed by atoms with E-state index in [4.69, 9.17) is 5.11 Å². The van der Waals surface area contributed by atoms with Gasteiger partial charge in [-0.15, -0.1) is 0 Å². The van der Waals surface area contributed by atoms with Crippen molar-refractivity contribution in [3.05, 3.63) is 28.6 Å². The molecule has 0 atom stereocenters. The Morgan fingerprint density at radius 3 is 2.88 bits per heavy atom. The highest BCUT2D eigenvalue weighted by atomic mass is 16.4. The van der Waals surface area contributed by atoms with Crippen LogP contribution in [0.15, 0.2) is 6.07 Å². The highest BCUT2D eigenvalue weighted by Crippen LogP contribution is 2.22. The minimum atomic E-state index is -1.02. The van der Waals surface area contributed by atoms with Gasteiger partial charge in [0.15, 0.2) is 11.5 Å². The molecule has 1 aliphatic rings. The molecule has 0 unspecified atom stereocenters. The molecule has 0 bridgehead atoms. The molecule has 2 rings (SSSR count). The van der Waals surface area contributed by atoms with Gasteiger partial charge in [-0.2, -0.15) is 0 Å². The number of ketones is 1. The summed E-state index contributed by atoms with van der Waals surface area (Å²) in [5.74, 6) is -0.932. The summed E-state index contributed by atoms with van der Waals surface area (Å²) >= 11 is 0. The van der Waals surface area contributed by atoms with Crippen molar-refractivity contribution in [2.75, 3.05) is 0 Å². The third-order valence-corrected chi connectivity index (χ3v) is 2.88. The number of pyridine rings is 1. The molecule has 1 heterocycles. The average Bonchev–Trinajstić information content (AvgIpc) is 2.28. The first-order valence-corrected chi connectivity index (χ1v) is 5.42. The number of carboxylic acid groups (broad SMARTS) is 1. The van der Waals surface area contributed by atoms with Gasteiger partial charge in [0.1, 0.15) is 0 Å². The molecule has 84 valence electrons. The second-order valence-corrected chi connectivity index (χ2v) is 3.93. The van der Waals surface area contributed by atoms with Gasteiger partial charge >= 0.3 is 5.97 Å². The molecule has 1 aromatic heterocycles. The molecule has 4 nitrogen and oxygen atoms in total. The number of carbonyl (C=O) groups excluding carboxylic acids is 1. The van der Waals surface area contributed by atoms with Crippen molar-refractivity contribution in [2.45, 2.75) is 32.6 Å². The fourth-order valence-electron chi connectivity index (χ4n) is 2.03. The maximum atomic E-state index is 11.6. The topological polar surface area (TPSA) is 67.3 Å². The van der Waals surface area contributed by atoms with Crippen LogP contribution in [0.2, 0.25) is 0 Å². The number of hydrogen-bond acceptors (Lipinski definition) is 3. The molecule has 4 heteroatoms. The number of aromatic carboxylic acids is 1. The largest absolute Gasteiger partial charge is 0.477 e. The van der Waals surface area contributed by atoms with Crippen LogP contribution in [0.1, 0.15) is 51.9 Å². The van der Waals surface area contributed by atoms with Gasteiger partial charge in [0.25, 0.3) is 0 Å². The predicted octanol–water partition coefficient (Wildman–Crippen LogP) is 1.86. The number of aromatic nitrogens is 1. The average molecular weight is 219 g/mol. The van der Waals surface area contributed by atoms with Crippen molar-refractivity contribution in [1.29, 1.82) is 0 Å². The summed E-state index contributed by atoms with van der Waals surface area (Å²) < 4.78 is 0. The Labute approximate surface area is 93.3 Å². The standard InChI is InChI=1S/C12H13NO3/c1-2-7-6-8-9(4-3-5-10(8)14)13-11(7)12(15)16/h6H,2-5H2,1H3,(H,15,16). The summed E-state index contributed by atoms with van der Waals surface area (Å²) in [5.41, 5.74) is 2.00. The molecular weight excluding hydrogens is 206 g/mol. The summed E-state index contributed by atoms with van der Waals surface area (Å²) in [6, 6.07) is 1.70. The highest BCUT2D eigenvalue weighted by Gasteiger charge is 2.22. The van der Waals surface area contributed by atoms with E-state index in [-0.39, 0.29) is 11.5 Å². The first-order valence-electron chi connectivity index (χ1n) is 5.42. The van der Waals surface area contributed by atoms with Gasteiger partial charge in [-0.25, -0.2) is 9.78 Å². The number of rotatable bonds is 2. The Hall–Kier alpha value is -1.71. The van der Waals surface area contributed by atoms with Crippen LogP contribution in [0.25, 0.3) is 0 Å². The van der Waals surface area contributed by atoms with Crippen molar-refractivity contribution < 1.29 is 14.7 Å². The van der Waals surface area contributed by atoms with Crippen molar-refractivity contribution in [3.8, 4) is 0 Å². The molecule has 0 radical (unpaired) electrons. The lowest BCUT2D eigenvalue weighted by Gasteiger charge is -2.15. The predicted molar refractivity (Wildman–Crippen MR) is 57.8 cm³/mol. The van der Waals surface area contributed by atoms with Crippen molar-refractivity contribution in [1.82, 2.24) is 4.98 Å². The van der Waals surface area contributed by atoms with Gasteiger partial charge < -0.3 is 5.11 Å². The van der Waals surface area contributed by atoms with Crippen LogP contribution < -0.4 is 0 Å². The molecule has 1 N–H and O–H groups in total. The van der Waals surface area contributed by atoms with E-state index in [1.165, 1.54) is 0 Å². The van der Waals surface area contributed by atoms with E-state index in [0.717, 1.165) is 6.42 Å². The molecule has 0 amide bonds. The number of carbonyl (C=O) groups is 2. The molecular formula is C12H13NO3. The van der Waals surface area contributed by atoms with Crippen molar-refractivity contribution in [3.63, 3.8) is 0 Å². The maximum absolute atomic E-state index is 11.6. The van der Waals surface area contributed by atoms with Crippen LogP contribution in [0, 0.1) is 0 Å². The van der Waals surface area contributed by atoms with Crippen LogP contribution in [0.5, 0.6) is 0 Å². The zero-order chi connectivity index (χ0) is 11.7. The fraction of sp³-hybridized carbons (Fsp3) is 0.417. The Kier molecular flexibility index (Phi) is 2.73. The third-order valence-electron chi connectivity index (χ3n) is 2.88. The zero-order valence-electron chi connectivity index (χ0n) is 9.12. The van der Waals surface area contributed by atoms with Gasteiger partial charge in [-0.05, 0) is 30.9 Å². The SMILES string of the molecule is CCc1cc2c(nc1C(=O)O)CCCC2=O. The summed E-state index contributed by atoms with van der Waals surface area (Å²) in [6.45, 7) is 1.86. The Bertz CT molecular complexity index is 450. The highest BCUT2D eigenvalue weighted by molar-refractivity contribution is 5.99. The molecule has 1 aliphatic carbocycles. The number of hydrogen-bond donors (Lipinski definition) is 1. The van der Waals surface area contributed by atoms with E-state index in [2.05, 4.69) is 4.98 Å². The quantitative estimate of drug-likeness (QED) is 0.824. The molecule has 0 spiro atoms. The Morgan fingerprint density at radius 2 is 2.25 bits per heavy atom. The van der Waals surface area contributed by atoms with Crippen molar-refractivity contribution in [2.24, 2.45) is 0 Å². The van der Waals surface area contributed by atoms with Crippen LogP contribution in [0.3, 0.4) is 0 Å². The van der Waals surface area contributed by atoms with Gasteiger partial charge in [-0.3, -0.25) is 4.79 Å². The lowest BCUT2D eigenvalue weighted by atomic mass is 9.92. The smallest absolute Gasteiger partial charge is 0.354 e. The molecule has 1 aromatic rings. The third kappa shape index (κ3) is 1.71. The van der Waals surface area contributed by atoms with Crippen LogP contribution in [0.4, 0.5) is 0 Å². The van der Waals surface area contributed by atoms with Gasteiger partial charge in [0.05, 0.1) is 5.69 Å². The van der Waals surface area contributed by atoms with E-state index in [1.54, 1.807) is 6.07 Å². The number of carboxylic acids is 1. The van der Waals surface area contributed by atoms with E-state index in [1.807, 2.05) is 6.92 Å². The van der Waals surface area contributed by atoms with E-state index in [9.17, 15) is 9.59 Å². The summed E-state index contributed by atoms with van der Waals surface area (Å²) in [5, 5.41) is 9.02. The first-order chi connectivity index (χ1) is 7.63.